The van der Waals surface area contributed by atoms with Crippen molar-refractivity contribution in [3.8, 4) is 0 Å². The van der Waals surface area contributed by atoms with Crippen LogP contribution in [0.1, 0.15) is 49.6 Å². The van der Waals surface area contributed by atoms with Gasteiger partial charge in [-0.25, -0.2) is 9.97 Å². The van der Waals surface area contributed by atoms with Gasteiger partial charge in [-0.05, 0) is 37.0 Å². The van der Waals surface area contributed by atoms with Gasteiger partial charge in [0.15, 0.2) is 5.82 Å². The van der Waals surface area contributed by atoms with Crippen LogP contribution in [-0.2, 0) is 30.4 Å². The number of carbonyl (C=O) groups is 1. The van der Waals surface area contributed by atoms with Gasteiger partial charge in [0.05, 0.1) is 29.7 Å². The van der Waals surface area contributed by atoms with E-state index in [2.05, 4.69) is 20.4 Å². The Kier molecular flexibility index (Phi) is 7.47. The lowest BCUT2D eigenvalue weighted by Crippen LogP contribution is -2.49. The first-order chi connectivity index (χ1) is 16.0. The van der Waals surface area contributed by atoms with Crippen LogP contribution in [-0.4, -0.2) is 43.7 Å². The summed E-state index contributed by atoms with van der Waals surface area (Å²) in [5.74, 6) is 1.45. The number of alkyl halides is 3. The number of nitrogens with zero attached hydrogens (tertiary/aromatic N) is 6. The molecule has 0 unspecified atom stereocenters. The molecule has 1 aliphatic rings. The predicted molar refractivity (Wildman–Crippen MR) is 127 cm³/mol. The summed E-state index contributed by atoms with van der Waals surface area (Å²) in [7, 11) is 1.87. The monoisotopic (exact) mass is 489 g/mol. The lowest BCUT2D eigenvalue weighted by atomic mass is 9.99. The Bertz CT molecular complexity index is 1190. The van der Waals surface area contributed by atoms with Crippen LogP contribution in [0.4, 0.5) is 24.7 Å². The zero-order valence-corrected chi connectivity index (χ0v) is 19.4. The van der Waals surface area contributed by atoms with Crippen LogP contribution in [0.3, 0.4) is 0 Å². The van der Waals surface area contributed by atoms with Gasteiger partial charge in [0, 0.05) is 25.9 Å². The maximum atomic E-state index is 12.7. The Morgan fingerprint density at radius 1 is 1.14 bits per heavy atom. The van der Waals surface area contributed by atoms with Crippen LogP contribution in [0.5, 0.6) is 0 Å². The summed E-state index contributed by atoms with van der Waals surface area (Å²) >= 11 is 0. The largest absolute Gasteiger partial charge is 0.417 e. The molecule has 3 aromatic heterocycles. The topological polar surface area (TPSA) is 88.8 Å². The van der Waals surface area contributed by atoms with Crippen LogP contribution in [0, 0.1) is 12.8 Å². The SMILES string of the molecule is C.Cc1nc(CCc2cnn(Cc3ccc(C(F)(F)F)cn3)c2)nc2c1NC(=O)[C@H](C(C)C)N2C. The van der Waals surface area contributed by atoms with E-state index in [1.165, 1.54) is 6.07 Å². The van der Waals surface area contributed by atoms with E-state index in [0.717, 1.165) is 17.8 Å². The van der Waals surface area contributed by atoms with E-state index in [1.54, 1.807) is 10.9 Å². The van der Waals surface area contributed by atoms with Crippen LogP contribution >= 0.6 is 0 Å². The van der Waals surface area contributed by atoms with Crippen LogP contribution in [0.25, 0.3) is 0 Å². The molecule has 35 heavy (non-hydrogen) atoms. The third kappa shape index (κ3) is 5.60. The van der Waals surface area contributed by atoms with Crippen molar-refractivity contribution in [1.29, 1.82) is 0 Å². The minimum absolute atomic E-state index is 0. The van der Waals surface area contributed by atoms with E-state index in [0.29, 0.717) is 41.6 Å². The highest BCUT2D eigenvalue weighted by Gasteiger charge is 2.35. The molecule has 1 aliphatic heterocycles. The average molecular weight is 490 g/mol. The van der Waals surface area contributed by atoms with Crippen molar-refractivity contribution in [2.45, 2.75) is 59.8 Å². The van der Waals surface area contributed by atoms with E-state index in [4.69, 9.17) is 4.98 Å². The minimum atomic E-state index is -4.41. The fourth-order valence-corrected chi connectivity index (χ4v) is 4.11. The number of aryl methyl sites for hydroxylation is 3. The number of likely N-dealkylation sites (N-methyl/N-ethyl adjacent to an activating group) is 1. The number of halogens is 3. The first kappa shape index (κ1) is 26.1. The van der Waals surface area contributed by atoms with Gasteiger partial charge in [-0.2, -0.15) is 18.3 Å². The molecule has 0 spiro atoms. The van der Waals surface area contributed by atoms with Gasteiger partial charge in [-0.3, -0.25) is 14.5 Å². The molecule has 8 nitrogen and oxygen atoms in total. The van der Waals surface area contributed by atoms with Crippen molar-refractivity contribution in [3.05, 3.63) is 59.1 Å². The van der Waals surface area contributed by atoms with Crippen molar-refractivity contribution in [3.63, 3.8) is 0 Å². The highest BCUT2D eigenvalue weighted by Crippen LogP contribution is 2.33. The number of fused-ring (bicyclic) bond motifs is 1. The summed E-state index contributed by atoms with van der Waals surface area (Å²) < 4.78 is 39.7. The zero-order chi connectivity index (χ0) is 24.6. The molecule has 1 amide bonds. The molecule has 0 fully saturated rings. The van der Waals surface area contributed by atoms with E-state index in [-0.39, 0.29) is 31.8 Å². The molecule has 0 aromatic carbocycles. The second-order valence-electron chi connectivity index (χ2n) is 8.79. The summed E-state index contributed by atoms with van der Waals surface area (Å²) in [4.78, 5) is 27.5. The average Bonchev–Trinajstić information content (AvgIpc) is 3.20. The quantitative estimate of drug-likeness (QED) is 0.556. The number of pyridine rings is 1. The van der Waals surface area contributed by atoms with E-state index in [9.17, 15) is 18.0 Å². The molecule has 0 bridgehead atoms. The molecule has 0 saturated carbocycles. The van der Waals surface area contributed by atoms with Crippen molar-refractivity contribution in [1.82, 2.24) is 24.7 Å². The van der Waals surface area contributed by atoms with Gasteiger partial charge in [-0.15, -0.1) is 0 Å². The molecule has 188 valence electrons. The van der Waals surface area contributed by atoms with Gasteiger partial charge in [-0.1, -0.05) is 21.3 Å². The summed E-state index contributed by atoms with van der Waals surface area (Å²) in [6.07, 6.45) is 1.20. The van der Waals surface area contributed by atoms with Gasteiger partial charge >= 0.3 is 6.18 Å². The molecular formula is C24H30F3N7O. The number of anilines is 2. The van der Waals surface area contributed by atoms with Crippen LogP contribution in [0.2, 0.25) is 0 Å². The third-order valence-corrected chi connectivity index (χ3v) is 5.82. The summed E-state index contributed by atoms with van der Waals surface area (Å²) in [5, 5.41) is 7.23. The second kappa shape index (κ2) is 10.0. The second-order valence-corrected chi connectivity index (χ2v) is 8.79. The number of amides is 1. The molecule has 1 atom stereocenters. The molecule has 0 radical (unpaired) electrons. The van der Waals surface area contributed by atoms with Gasteiger partial charge < -0.3 is 10.2 Å². The molecule has 1 N–H and O–H groups in total. The highest BCUT2D eigenvalue weighted by atomic mass is 19.4. The summed E-state index contributed by atoms with van der Waals surface area (Å²) in [5.41, 5.74) is 2.02. The Hall–Kier alpha value is -3.50. The third-order valence-electron chi connectivity index (χ3n) is 5.82. The lowest BCUT2D eigenvalue weighted by molar-refractivity contribution is -0.137. The van der Waals surface area contributed by atoms with Crippen molar-refractivity contribution >= 4 is 17.4 Å². The Balaban J connectivity index is 0.00000342. The molecule has 11 heteroatoms. The summed E-state index contributed by atoms with van der Waals surface area (Å²) in [6, 6.07) is 2.08. The molecule has 3 aromatic rings. The fourth-order valence-electron chi connectivity index (χ4n) is 4.11. The number of hydrogen-bond acceptors (Lipinski definition) is 6. The number of hydrogen-bond donors (Lipinski definition) is 1. The molecule has 4 rings (SSSR count). The lowest BCUT2D eigenvalue weighted by Gasteiger charge is -2.36. The van der Waals surface area contributed by atoms with Gasteiger partial charge in [0.1, 0.15) is 17.6 Å². The highest BCUT2D eigenvalue weighted by molar-refractivity contribution is 6.03. The number of carbonyl (C=O) groups excluding carboxylic acids is 1. The Morgan fingerprint density at radius 2 is 1.89 bits per heavy atom. The minimum Gasteiger partial charge on any atom is -0.346 e. The number of aromatic nitrogens is 5. The maximum Gasteiger partial charge on any atom is 0.417 e. The number of nitrogens with one attached hydrogen (secondary N) is 1. The molecule has 0 aliphatic carbocycles. The van der Waals surface area contributed by atoms with Crippen molar-refractivity contribution in [2.75, 3.05) is 17.3 Å². The van der Waals surface area contributed by atoms with Crippen molar-refractivity contribution < 1.29 is 18.0 Å². The zero-order valence-electron chi connectivity index (χ0n) is 19.4. The van der Waals surface area contributed by atoms with Gasteiger partial charge in [0.25, 0.3) is 0 Å². The van der Waals surface area contributed by atoms with Crippen LogP contribution < -0.4 is 10.2 Å². The smallest absolute Gasteiger partial charge is 0.346 e. The fraction of sp³-hybridized carbons (Fsp3) is 0.458. The van der Waals surface area contributed by atoms with Crippen LogP contribution in [0.15, 0.2) is 30.7 Å². The first-order valence-electron chi connectivity index (χ1n) is 11.0. The molecular weight excluding hydrogens is 459 g/mol. The van der Waals surface area contributed by atoms with Crippen molar-refractivity contribution in [2.24, 2.45) is 5.92 Å². The van der Waals surface area contributed by atoms with E-state index in [1.807, 2.05) is 38.9 Å². The predicted octanol–water partition coefficient (Wildman–Crippen LogP) is 4.28. The van der Waals surface area contributed by atoms with E-state index >= 15 is 0 Å². The number of rotatable bonds is 6. The molecule has 0 saturated heterocycles. The van der Waals surface area contributed by atoms with E-state index < -0.39 is 11.7 Å². The Morgan fingerprint density at radius 3 is 2.51 bits per heavy atom. The first-order valence-corrected chi connectivity index (χ1v) is 11.0. The Labute approximate surface area is 202 Å². The van der Waals surface area contributed by atoms with Gasteiger partial charge in [0.2, 0.25) is 5.91 Å². The maximum absolute atomic E-state index is 12.7. The molecule has 4 heterocycles. The normalized spacial score (nSPS) is 15.6. The standard InChI is InChI=1S/C23H26F3N7O.CH4/c1-13(2)20-22(34)31-19-14(3)29-18(30-21(19)32(20)4)8-5-15-9-28-33(11-15)12-17-7-6-16(10-27-17)23(24,25)26;/h6-7,9-11,13,20H,5,8,12H2,1-4H3,(H,31,34);1H4/t20-;/m0./s1. The summed E-state index contributed by atoms with van der Waals surface area (Å²) in [6.45, 7) is 6.12.